The minimum atomic E-state index is 0.885. The summed E-state index contributed by atoms with van der Waals surface area (Å²) in [5.74, 6) is 2.84. The summed E-state index contributed by atoms with van der Waals surface area (Å²) in [4.78, 5) is 0. The molecule has 1 atom stereocenters. The van der Waals surface area contributed by atoms with Crippen LogP contribution in [0.4, 0.5) is 0 Å². The van der Waals surface area contributed by atoms with Gasteiger partial charge in [0.2, 0.25) is 0 Å². The molecule has 0 aliphatic heterocycles. The summed E-state index contributed by atoms with van der Waals surface area (Å²) < 4.78 is 0. The van der Waals surface area contributed by atoms with Crippen molar-refractivity contribution in [3.05, 3.63) is 0 Å². The van der Waals surface area contributed by atoms with Crippen LogP contribution in [0.1, 0.15) is 98.8 Å². The van der Waals surface area contributed by atoms with Gasteiger partial charge in [-0.2, -0.15) is 0 Å². The third-order valence-corrected chi connectivity index (χ3v) is 4.35. The first kappa shape index (κ1) is 18.0. The quantitative estimate of drug-likeness (QED) is 0.335. The summed E-state index contributed by atoms with van der Waals surface area (Å²) in [7, 11) is 0. The van der Waals surface area contributed by atoms with Crippen molar-refractivity contribution in [2.75, 3.05) is 0 Å². The molecule has 18 heavy (non-hydrogen) atoms. The Balaban J connectivity index is 3.83. The lowest BCUT2D eigenvalue weighted by atomic mass is 9.82. The van der Waals surface area contributed by atoms with Crippen molar-refractivity contribution in [1.82, 2.24) is 0 Å². The van der Waals surface area contributed by atoms with Gasteiger partial charge in [-0.1, -0.05) is 98.8 Å². The zero-order valence-corrected chi connectivity index (χ0v) is 13.8. The summed E-state index contributed by atoms with van der Waals surface area (Å²) in [5.41, 5.74) is 0. The maximum atomic E-state index is 2.51. The second-order valence-corrected chi connectivity index (χ2v) is 6.70. The van der Waals surface area contributed by atoms with Gasteiger partial charge in [0.1, 0.15) is 0 Å². The van der Waals surface area contributed by atoms with E-state index in [9.17, 15) is 0 Å². The second-order valence-electron chi connectivity index (χ2n) is 6.70. The predicted molar refractivity (Wildman–Crippen MR) is 85.0 cm³/mol. The first-order valence-corrected chi connectivity index (χ1v) is 8.61. The molecular weight excluding hydrogens is 216 g/mol. The predicted octanol–water partition coefficient (Wildman–Crippen LogP) is 6.84. The summed E-state index contributed by atoms with van der Waals surface area (Å²) in [6.07, 6.45) is 14.3. The summed E-state index contributed by atoms with van der Waals surface area (Å²) in [6.45, 7) is 11.8. The highest BCUT2D eigenvalue weighted by molar-refractivity contribution is 4.67. The number of rotatable bonds is 12. The maximum absolute atomic E-state index is 2.51. The average molecular weight is 255 g/mol. The van der Waals surface area contributed by atoms with Gasteiger partial charge >= 0.3 is 0 Å². The van der Waals surface area contributed by atoms with Gasteiger partial charge in [-0.05, 0) is 17.8 Å². The Hall–Kier alpha value is 0. The van der Waals surface area contributed by atoms with Gasteiger partial charge in [-0.3, -0.25) is 0 Å². The highest BCUT2D eigenvalue weighted by Gasteiger charge is 2.15. The molecule has 110 valence electrons. The Morgan fingerprint density at radius 1 is 0.611 bits per heavy atom. The minimum absolute atomic E-state index is 0.885. The number of hydrogen-bond donors (Lipinski definition) is 0. The highest BCUT2D eigenvalue weighted by atomic mass is 14.2. The van der Waals surface area contributed by atoms with E-state index in [0.717, 1.165) is 17.8 Å². The van der Waals surface area contributed by atoms with Crippen LogP contribution in [0.5, 0.6) is 0 Å². The SMILES string of the molecule is CCCCC(CCCC)C(C)CCCCC(C)C. The first-order chi connectivity index (χ1) is 8.61. The highest BCUT2D eigenvalue weighted by Crippen LogP contribution is 2.28. The molecule has 0 rings (SSSR count). The van der Waals surface area contributed by atoms with Gasteiger partial charge in [-0.15, -0.1) is 0 Å². The summed E-state index contributed by atoms with van der Waals surface area (Å²) in [5, 5.41) is 0. The molecule has 0 saturated carbocycles. The van der Waals surface area contributed by atoms with Gasteiger partial charge in [-0.25, -0.2) is 0 Å². The Bertz CT molecular complexity index is 151. The summed E-state index contributed by atoms with van der Waals surface area (Å²) >= 11 is 0. The molecule has 0 N–H and O–H groups in total. The molecule has 0 radical (unpaired) electrons. The zero-order valence-electron chi connectivity index (χ0n) is 13.8. The van der Waals surface area contributed by atoms with Gasteiger partial charge in [0.25, 0.3) is 0 Å². The third-order valence-electron chi connectivity index (χ3n) is 4.35. The van der Waals surface area contributed by atoms with E-state index in [0.29, 0.717) is 0 Å². The van der Waals surface area contributed by atoms with E-state index < -0.39 is 0 Å². The van der Waals surface area contributed by atoms with Crippen LogP contribution in [0, 0.1) is 17.8 Å². The lowest BCUT2D eigenvalue weighted by Crippen LogP contribution is -2.12. The van der Waals surface area contributed by atoms with Crippen LogP contribution in [0.25, 0.3) is 0 Å². The van der Waals surface area contributed by atoms with Crippen molar-refractivity contribution in [2.24, 2.45) is 17.8 Å². The molecule has 0 heteroatoms. The molecule has 0 aliphatic carbocycles. The van der Waals surface area contributed by atoms with Crippen molar-refractivity contribution in [2.45, 2.75) is 98.8 Å². The van der Waals surface area contributed by atoms with E-state index in [-0.39, 0.29) is 0 Å². The van der Waals surface area contributed by atoms with Crippen LogP contribution in [0.3, 0.4) is 0 Å². The molecule has 0 nitrogen and oxygen atoms in total. The average Bonchev–Trinajstić information content (AvgIpc) is 2.34. The summed E-state index contributed by atoms with van der Waals surface area (Å²) in [6, 6.07) is 0. The monoisotopic (exact) mass is 254 g/mol. The lowest BCUT2D eigenvalue weighted by molar-refractivity contribution is 0.277. The van der Waals surface area contributed by atoms with Gasteiger partial charge in [0.05, 0.1) is 0 Å². The van der Waals surface area contributed by atoms with E-state index in [1.807, 2.05) is 0 Å². The molecule has 0 aromatic rings. The van der Waals surface area contributed by atoms with Crippen molar-refractivity contribution in [3.63, 3.8) is 0 Å². The standard InChI is InChI=1S/C18H38/c1-6-8-14-18(15-9-7-2)17(5)13-11-10-12-16(3)4/h16-18H,6-15H2,1-5H3. The topological polar surface area (TPSA) is 0 Å². The molecule has 1 unspecified atom stereocenters. The maximum Gasteiger partial charge on any atom is -0.0388 e. The molecule has 0 aromatic carbocycles. The van der Waals surface area contributed by atoms with Crippen molar-refractivity contribution in [1.29, 1.82) is 0 Å². The van der Waals surface area contributed by atoms with E-state index in [1.165, 1.54) is 64.2 Å². The molecule has 0 amide bonds. The van der Waals surface area contributed by atoms with E-state index in [1.54, 1.807) is 0 Å². The normalized spacial score (nSPS) is 13.5. The largest absolute Gasteiger partial charge is 0.0654 e. The molecule has 0 saturated heterocycles. The van der Waals surface area contributed by atoms with Gasteiger partial charge in [0.15, 0.2) is 0 Å². The Morgan fingerprint density at radius 3 is 1.56 bits per heavy atom. The Kier molecular flexibility index (Phi) is 12.1. The molecule has 0 aromatic heterocycles. The van der Waals surface area contributed by atoms with E-state index in [2.05, 4.69) is 34.6 Å². The molecule has 0 fully saturated rings. The Morgan fingerprint density at radius 2 is 1.11 bits per heavy atom. The third kappa shape index (κ3) is 9.97. The number of hydrogen-bond acceptors (Lipinski definition) is 0. The fraction of sp³-hybridized carbons (Fsp3) is 1.00. The van der Waals surface area contributed by atoms with Crippen LogP contribution in [-0.4, -0.2) is 0 Å². The van der Waals surface area contributed by atoms with Gasteiger partial charge in [0, 0.05) is 0 Å². The van der Waals surface area contributed by atoms with E-state index >= 15 is 0 Å². The zero-order chi connectivity index (χ0) is 13.8. The van der Waals surface area contributed by atoms with Crippen LogP contribution in [0.15, 0.2) is 0 Å². The van der Waals surface area contributed by atoms with Crippen molar-refractivity contribution >= 4 is 0 Å². The molecular formula is C18H38. The minimum Gasteiger partial charge on any atom is -0.0654 e. The number of unbranched alkanes of at least 4 members (excludes halogenated alkanes) is 3. The van der Waals surface area contributed by atoms with Crippen molar-refractivity contribution < 1.29 is 0 Å². The smallest absolute Gasteiger partial charge is 0.0388 e. The van der Waals surface area contributed by atoms with Gasteiger partial charge < -0.3 is 0 Å². The van der Waals surface area contributed by atoms with Crippen LogP contribution < -0.4 is 0 Å². The lowest BCUT2D eigenvalue weighted by Gasteiger charge is -2.24. The second kappa shape index (κ2) is 12.1. The van der Waals surface area contributed by atoms with Crippen LogP contribution in [-0.2, 0) is 0 Å². The molecule has 0 aliphatic rings. The molecule has 0 bridgehead atoms. The fourth-order valence-corrected chi connectivity index (χ4v) is 2.90. The Labute approximate surface area is 117 Å². The van der Waals surface area contributed by atoms with Crippen LogP contribution in [0.2, 0.25) is 0 Å². The first-order valence-electron chi connectivity index (χ1n) is 8.61. The van der Waals surface area contributed by atoms with Crippen LogP contribution >= 0.6 is 0 Å². The molecule has 0 heterocycles. The fourth-order valence-electron chi connectivity index (χ4n) is 2.90. The van der Waals surface area contributed by atoms with E-state index in [4.69, 9.17) is 0 Å². The molecule has 0 spiro atoms. The van der Waals surface area contributed by atoms with Crippen molar-refractivity contribution in [3.8, 4) is 0 Å².